The van der Waals surface area contributed by atoms with Crippen molar-refractivity contribution in [3.8, 4) is 0 Å². The average Bonchev–Trinajstić information content (AvgIpc) is 3.11. The summed E-state index contributed by atoms with van der Waals surface area (Å²) in [6.45, 7) is 3.87. The van der Waals surface area contributed by atoms with Gasteiger partial charge < -0.3 is 19.9 Å². The highest BCUT2D eigenvalue weighted by Gasteiger charge is 2.13. The number of amides is 1. The van der Waals surface area contributed by atoms with E-state index in [1.54, 1.807) is 18.2 Å². The summed E-state index contributed by atoms with van der Waals surface area (Å²) in [5, 5.41) is 2.89. The Balaban J connectivity index is 1.39. The first-order valence-corrected chi connectivity index (χ1v) is 10.6. The number of carbonyl (C=O) groups excluding carboxylic acids is 1. The average molecular weight is 436 g/mol. The molecule has 0 bridgehead atoms. The first kappa shape index (κ1) is 21.7. The zero-order chi connectivity index (χ0) is 22.3. The zero-order valence-electron chi connectivity index (χ0n) is 18.0. The van der Waals surface area contributed by atoms with E-state index in [1.165, 1.54) is 18.5 Å². The first-order valence-electron chi connectivity index (χ1n) is 10.6. The predicted molar refractivity (Wildman–Crippen MR) is 123 cm³/mol. The van der Waals surface area contributed by atoms with Gasteiger partial charge in [-0.2, -0.15) is 0 Å². The Morgan fingerprint density at radius 2 is 1.88 bits per heavy atom. The molecule has 1 aliphatic heterocycles. The lowest BCUT2D eigenvalue weighted by atomic mass is 10.2. The van der Waals surface area contributed by atoms with E-state index in [0.717, 1.165) is 44.0 Å². The van der Waals surface area contributed by atoms with Crippen molar-refractivity contribution in [1.29, 1.82) is 0 Å². The van der Waals surface area contributed by atoms with Crippen LogP contribution < -0.4 is 15.1 Å². The molecule has 1 aliphatic rings. The van der Waals surface area contributed by atoms with E-state index < -0.39 is 0 Å². The maximum atomic E-state index is 13.1. The normalized spacial score (nSPS) is 14.0. The highest BCUT2D eigenvalue weighted by Crippen LogP contribution is 2.20. The number of halogens is 1. The largest absolute Gasteiger partial charge is 0.380 e. The fourth-order valence-electron chi connectivity index (χ4n) is 3.58. The third-order valence-electron chi connectivity index (χ3n) is 5.32. The van der Waals surface area contributed by atoms with Crippen molar-refractivity contribution in [3.05, 3.63) is 78.0 Å². The molecule has 1 aromatic heterocycles. The Kier molecular flexibility index (Phi) is 6.91. The summed E-state index contributed by atoms with van der Waals surface area (Å²) >= 11 is 0. The third-order valence-corrected chi connectivity index (χ3v) is 5.32. The fourth-order valence-corrected chi connectivity index (χ4v) is 3.58. The number of nitrogens with one attached hydrogen (secondary N) is 1. The number of nitrogens with zero attached hydrogens (tertiary/aromatic N) is 4. The van der Waals surface area contributed by atoms with Crippen LogP contribution in [0.3, 0.4) is 0 Å². The minimum Gasteiger partial charge on any atom is -0.380 e. The standard InChI is InChI=1S/C24H26FN5O2/c1-29(16-18-3-5-19(25)6-4-18)23-15-22(26-17-27-23)24(31)28-20-7-9-21(10-8-20)30-11-2-13-32-14-12-30/h3-10,15,17H,2,11-14,16H2,1H3,(H,28,31). The van der Waals surface area contributed by atoms with Gasteiger partial charge in [0.1, 0.15) is 23.7 Å². The summed E-state index contributed by atoms with van der Waals surface area (Å²) in [6.07, 6.45) is 2.38. The lowest BCUT2D eigenvalue weighted by molar-refractivity contribution is 0.102. The predicted octanol–water partition coefficient (Wildman–Crippen LogP) is 3.73. The second-order valence-corrected chi connectivity index (χ2v) is 7.70. The number of carbonyl (C=O) groups is 1. The van der Waals surface area contributed by atoms with Gasteiger partial charge >= 0.3 is 0 Å². The molecule has 166 valence electrons. The quantitative estimate of drug-likeness (QED) is 0.636. The molecule has 2 aromatic carbocycles. The number of benzene rings is 2. The highest BCUT2D eigenvalue weighted by atomic mass is 19.1. The molecule has 1 N–H and O–H groups in total. The van der Waals surface area contributed by atoms with Gasteiger partial charge in [0.25, 0.3) is 5.91 Å². The molecule has 1 saturated heterocycles. The Hall–Kier alpha value is -3.52. The molecule has 7 nitrogen and oxygen atoms in total. The van der Waals surface area contributed by atoms with Crippen molar-refractivity contribution in [2.24, 2.45) is 0 Å². The minimum atomic E-state index is -0.306. The molecule has 2 heterocycles. The maximum absolute atomic E-state index is 13.1. The molecule has 0 unspecified atom stereocenters. The van der Waals surface area contributed by atoms with Gasteiger partial charge in [-0.1, -0.05) is 12.1 Å². The Labute approximate surface area is 186 Å². The highest BCUT2D eigenvalue weighted by molar-refractivity contribution is 6.03. The molecule has 0 radical (unpaired) electrons. The first-order chi connectivity index (χ1) is 15.6. The van der Waals surface area contributed by atoms with E-state index in [1.807, 2.05) is 36.2 Å². The number of anilines is 3. The Bertz CT molecular complexity index is 1040. The fraction of sp³-hybridized carbons (Fsp3) is 0.292. The molecule has 1 fully saturated rings. The summed E-state index contributed by atoms with van der Waals surface area (Å²) in [5.41, 5.74) is 3.02. The maximum Gasteiger partial charge on any atom is 0.274 e. The number of rotatable bonds is 6. The molecular weight excluding hydrogens is 409 g/mol. The van der Waals surface area contributed by atoms with Gasteiger partial charge in [-0.25, -0.2) is 14.4 Å². The molecule has 0 atom stereocenters. The van der Waals surface area contributed by atoms with E-state index >= 15 is 0 Å². The van der Waals surface area contributed by atoms with Gasteiger partial charge in [0, 0.05) is 50.7 Å². The van der Waals surface area contributed by atoms with E-state index in [9.17, 15) is 9.18 Å². The summed E-state index contributed by atoms with van der Waals surface area (Å²) in [7, 11) is 1.86. The van der Waals surface area contributed by atoms with Crippen LogP contribution in [0.25, 0.3) is 0 Å². The third kappa shape index (κ3) is 5.59. The van der Waals surface area contributed by atoms with Gasteiger partial charge in [-0.05, 0) is 48.4 Å². The van der Waals surface area contributed by atoms with Crippen LogP contribution in [0.2, 0.25) is 0 Å². The molecule has 0 aliphatic carbocycles. The number of hydrogen-bond donors (Lipinski definition) is 1. The van der Waals surface area contributed by atoms with Crippen molar-refractivity contribution in [2.45, 2.75) is 13.0 Å². The van der Waals surface area contributed by atoms with Crippen LogP contribution in [-0.4, -0.2) is 49.2 Å². The lowest BCUT2D eigenvalue weighted by Gasteiger charge is -2.22. The molecule has 32 heavy (non-hydrogen) atoms. The van der Waals surface area contributed by atoms with Crippen molar-refractivity contribution in [1.82, 2.24) is 9.97 Å². The minimum absolute atomic E-state index is 0.272. The smallest absolute Gasteiger partial charge is 0.274 e. The van der Waals surface area contributed by atoms with Gasteiger partial charge in [0.15, 0.2) is 0 Å². The van der Waals surface area contributed by atoms with Crippen molar-refractivity contribution in [3.63, 3.8) is 0 Å². The van der Waals surface area contributed by atoms with E-state index in [0.29, 0.717) is 18.1 Å². The van der Waals surface area contributed by atoms with Gasteiger partial charge in [-0.15, -0.1) is 0 Å². The molecule has 0 spiro atoms. The van der Waals surface area contributed by atoms with Crippen LogP contribution in [0.15, 0.2) is 60.9 Å². The Morgan fingerprint density at radius 1 is 1.09 bits per heavy atom. The zero-order valence-corrected chi connectivity index (χ0v) is 18.0. The molecule has 4 rings (SSSR count). The van der Waals surface area contributed by atoms with Gasteiger partial charge in [0.2, 0.25) is 0 Å². The van der Waals surface area contributed by atoms with Crippen molar-refractivity contribution < 1.29 is 13.9 Å². The molecule has 0 saturated carbocycles. The molecular formula is C24H26FN5O2. The van der Waals surface area contributed by atoms with Crippen LogP contribution >= 0.6 is 0 Å². The van der Waals surface area contributed by atoms with Crippen molar-refractivity contribution in [2.75, 3.05) is 48.5 Å². The summed E-state index contributed by atoms with van der Waals surface area (Å²) in [5.74, 6) is 0.0267. The summed E-state index contributed by atoms with van der Waals surface area (Å²) in [6, 6.07) is 15.7. The topological polar surface area (TPSA) is 70.6 Å². The van der Waals surface area contributed by atoms with E-state index in [4.69, 9.17) is 4.74 Å². The van der Waals surface area contributed by atoms with E-state index in [2.05, 4.69) is 20.2 Å². The monoisotopic (exact) mass is 435 g/mol. The van der Waals surface area contributed by atoms with Crippen molar-refractivity contribution >= 4 is 23.1 Å². The van der Waals surface area contributed by atoms with Gasteiger partial charge in [0.05, 0.1) is 6.61 Å². The van der Waals surface area contributed by atoms with Crippen LogP contribution in [0.5, 0.6) is 0 Å². The Morgan fingerprint density at radius 3 is 2.66 bits per heavy atom. The van der Waals surface area contributed by atoms with Crippen LogP contribution in [0.1, 0.15) is 22.5 Å². The molecule has 1 amide bonds. The number of hydrogen-bond acceptors (Lipinski definition) is 6. The van der Waals surface area contributed by atoms with Crippen LogP contribution in [0.4, 0.5) is 21.6 Å². The number of ether oxygens (including phenoxy) is 1. The number of aromatic nitrogens is 2. The van der Waals surface area contributed by atoms with Gasteiger partial charge in [-0.3, -0.25) is 4.79 Å². The summed E-state index contributed by atoms with van der Waals surface area (Å²) in [4.78, 5) is 25.3. The van der Waals surface area contributed by atoms with Crippen LogP contribution in [0, 0.1) is 5.82 Å². The van der Waals surface area contributed by atoms with E-state index in [-0.39, 0.29) is 17.4 Å². The summed E-state index contributed by atoms with van der Waals surface area (Å²) < 4.78 is 18.6. The lowest BCUT2D eigenvalue weighted by Crippen LogP contribution is -2.25. The van der Waals surface area contributed by atoms with Crippen LogP contribution in [-0.2, 0) is 11.3 Å². The molecule has 3 aromatic rings. The second kappa shape index (κ2) is 10.2. The molecule has 8 heteroatoms. The second-order valence-electron chi connectivity index (χ2n) is 7.70. The SMILES string of the molecule is CN(Cc1ccc(F)cc1)c1cc(C(=O)Nc2ccc(N3CCCOCC3)cc2)ncn1.